The molecule has 0 bridgehead atoms. The van der Waals surface area contributed by atoms with Crippen LogP contribution in [0, 0.1) is 6.92 Å². The predicted molar refractivity (Wildman–Crippen MR) is 70.7 cm³/mol. The fraction of sp³-hybridized carbons (Fsp3) is 0.417. The summed E-state index contributed by atoms with van der Waals surface area (Å²) in [5.74, 6) is -0.00838. The van der Waals surface area contributed by atoms with Crippen molar-refractivity contribution in [3.8, 4) is 0 Å². The Morgan fingerprint density at radius 3 is 2.75 bits per heavy atom. The Kier molecular flexibility index (Phi) is 5.49. The maximum atomic E-state index is 11.5. The molecular weight excluding hydrogens is 268 g/mol. The molecule has 0 unspecified atom stereocenters. The molecule has 1 aromatic rings. The Morgan fingerprint density at radius 2 is 2.12 bits per heavy atom. The lowest BCUT2D eigenvalue weighted by Gasteiger charge is -2.07. The van der Waals surface area contributed by atoms with Crippen molar-refractivity contribution in [2.45, 2.75) is 20.3 Å². The number of anilines is 1. The lowest BCUT2D eigenvalue weighted by Crippen LogP contribution is -2.28. The van der Waals surface area contributed by atoms with E-state index in [4.69, 9.17) is 0 Å². The summed E-state index contributed by atoms with van der Waals surface area (Å²) in [7, 11) is 0. The molecule has 0 aromatic heterocycles. The molecule has 1 aromatic carbocycles. The molecule has 0 aliphatic rings. The number of hydrogen-bond donors (Lipinski definition) is 2. The Labute approximate surface area is 105 Å². The standard InChI is InChI=1S/C12H17BrN2O/c1-3-4-14-8-12(16)15-11-6-9(2)5-10(13)7-11/h5-7,14H,3-4,8H2,1-2H3,(H,15,16). The minimum absolute atomic E-state index is 0.00838. The number of carbonyl (C=O) groups is 1. The first kappa shape index (κ1) is 13.2. The SMILES string of the molecule is CCCNCC(=O)Nc1cc(C)cc(Br)c1. The van der Waals surface area contributed by atoms with Crippen molar-refractivity contribution >= 4 is 27.5 Å². The van der Waals surface area contributed by atoms with Gasteiger partial charge in [0.25, 0.3) is 0 Å². The van der Waals surface area contributed by atoms with Crippen LogP contribution in [0.25, 0.3) is 0 Å². The van der Waals surface area contributed by atoms with Crippen molar-refractivity contribution in [1.82, 2.24) is 5.32 Å². The lowest BCUT2D eigenvalue weighted by atomic mass is 10.2. The van der Waals surface area contributed by atoms with E-state index in [-0.39, 0.29) is 5.91 Å². The van der Waals surface area contributed by atoms with Crippen LogP contribution in [0.4, 0.5) is 5.69 Å². The number of hydrogen-bond acceptors (Lipinski definition) is 2. The molecule has 1 rings (SSSR count). The number of carbonyl (C=O) groups excluding carboxylic acids is 1. The molecule has 0 atom stereocenters. The first-order valence-electron chi connectivity index (χ1n) is 5.39. The van der Waals surface area contributed by atoms with Crippen LogP contribution in [0.5, 0.6) is 0 Å². The van der Waals surface area contributed by atoms with E-state index in [2.05, 4.69) is 33.5 Å². The normalized spacial score (nSPS) is 10.2. The fourth-order valence-electron chi connectivity index (χ4n) is 1.39. The summed E-state index contributed by atoms with van der Waals surface area (Å²) >= 11 is 3.40. The van der Waals surface area contributed by atoms with E-state index < -0.39 is 0 Å². The van der Waals surface area contributed by atoms with Crippen LogP contribution in [-0.2, 0) is 4.79 Å². The van der Waals surface area contributed by atoms with Gasteiger partial charge in [-0.1, -0.05) is 22.9 Å². The first-order chi connectivity index (χ1) is 7.61. The molecule has 88 valence electrons. The summed E-state index contributed by atoms with van der Waals surface area (Å²) in [6, 6.07) is 5.85. The highest BCUT2D eigenvalue weighted by Crippen LogP contribution is 2.18. The van der Waals surface area contributed by atoms with Crippen LogP contribution < -0.4 is 10.6 Å². The van der Waals surface area contributed by atoms with Gasteiger partial charge in [-0.2, -0.15) is 0 Å². The van der Waals surface area contributed by atoms with Gasteiger partial charge in [0.1, 0.15) is 0 Å². The van der Waals surface area contributed by atoms with Gasteiger partial charge in [0.05, 0.1) is 6.54 Å². The number of rotatable bonds is 5. The van der Waals surface area contributed by atoms with E-state index >= 15 is 0 Å². The zero-order valence-electron chi connectivity index (χ0n) is 9.64. The second kappa shape index (κ2) is 6.66. The van der Waals surface area contributed by atoms with Gasteiger partial charge in [-0.05, 0) is 43.7 Å². The molecule has 0 spiro atoms. The third kappa shape index (κ3) is 4.77. The molecular formula is C12H17BrN2O. The minimum atomic E-state index is -0.00838. The van der Waals surface area contributed by atoms with E-state index in [1.807, 2.05) is 25.1 Å². The van der Waals surface area contributed by atoms with E-state index in [1.54, 1.807) is 0 Å². The van der Waals surface area contributed by atoms with Crippen molar-refractivity contribution in [2.24, 2.45) is 0 Å². The lowest BCUT2D eigenvalue weighted by molar-refractivity contribution is -0.115. The summed E-state index contributed by atoms with van der Waals surface area (Å²) < 4.78 is 0.976. The minimum Gasteiger partial charge on any atom is -0.325 e. The Balaban J connectivity index is 2.49. The molecule has 0 aliphatic heterocycles. The van der Waals surface area contributed by atoms with Crippen molar-refractivity contribution < 1.29 is 4.79 Å². The molecule has 0 heterocycles. The fourth-order valence-corrected chi connectivity index (χ4v) is 2.00. The van der Waals surface area contributed by atoms with Crippen LogP contribution in [0.2, 0.25) is 0 Å². The molecule has 4 heteroatoms. The third-order valence-corrected chi connectivity index (χ3v) is 2.50. The average molecular weight is 285 g/mol. The summed E-state index contributed by atoms with van der Waals surface area (Å²) in [5.41, 5.74) is 1.95. The molecule has 2 N–H and O–H groups in total. The van der Waals surface area contributed by atoms with Crippen LogP contribution in [0.3, 0.4) is 0 Å². The highest BCUT2D eigenvalue weighted by Gasteiger charge is 2.02. The molecule has 0 aliphatic carbocycles. The second-order valence-electron chi connectivity index (χ2n) is 3.74. The summed E-state index contributed by atoms with van der Waals surface area (Å²) in [5, 5.41) is 5.91. The molecule has 0 radical (unpaired) electrons. The van der Waals surface area contributed by atoms with Crippen LogP contribution in [0.1, 0.15) is 18.9 Å². The van der Waals surface area contributed by atoms with Crippen molar-refractivity contribution in [3.63, 3.8) is 0 Å². The third-order valence-electron chi connectivity index (χ3n) is 2.04. The smallest absolute Gasteiger partial charge is 0.238 e. The van der Waals surface area contributed by atoms with Gasteiger partial charge in [0.15, 0.2) is 0 Å². The summed E-state index contributed by atoms with van der Waals surface area (Å²) in [4.78, 5) is 11.5. The molecule has 3 nitrogen and oxygen atoms in total. The first-order valence-corrected chi connectivity index (χ1v) is 6.19. The van der Waals surface area contributed by atoms with Crippen LogP contribution >= 0.6 is 15.9 Å². The number of aryl methyl sites for hydroxylation is 1. The molecule has 0 saturated heterocycles. The summed E-state index contributed by atoms with van der Waals surface area (Å²) in [6.07, 6.45) is 1.03. The molecule has 1 amide bonds. The molecule has 0 fully saturated rings. The van der Waals surface area contributed by atoms with Crippen molar-refractivity contribution in [1.29, 1.82) is 0 Å². The topological polar surface area (TPSA) is 41.1 Å². The van der Waals surface area contributed by atoms with E-state index in [0.29, 0.717) is 6.54 Å². The van der Waals surface area contributed by atoms with E-state index in [0.717, 1.165) is 28.7 Å². The Morgan fingerprint density at radius 1 is 1.38 bits per heavy atom. The van der Waals surface area contributed by atoms with Gasteiger partial charge in [-0.3, -0.25) is 4.79 Å². The van der Waals surface area contributed by atoms with Gasteiger partial charge < -0.3 is 10.6 Å². The zero-order chi connectivity index (χ0) is 12.0. The maximum absolute atomic E-state index is 11.5. The number of nitrogens with one attached hydrogen (secondary N) is 2. The van der Waals surface area contributed by atoms with Gasteiger partial charge in [-0.15, -0.1) is 0 Å². The highest BCUT2D eigenvalue weighted by molar-refractivity contribution is 9.10. The van der Waals surface area contributed by atoms with Gasteiger partial charge in [0, 0.05) is 10.2 Å². The quantitative estimate of drug-likeness (QED) is 0.817. The van der Waals surface area contributed by atoms with Gasteiger partial charge >= 0.3 is 0 Å². The van der Waals surface area contributed by atoms with Crippen molar-refractivity contribution in [3.05, 3.63) is 28.2 Å². The van der Waals surface area contributed by atoms with Crippen molar-refractivity contribution in [2.75, 3.05) is 18.4 Å². The van der Waals surface area contributed by atoms with Gasteiger partial charge in [0.2, 0.25) is 5.91 Å². The Hall–Kier alpha value is -0.870. The number of halogens is 1. The molecule has 16 heavy (non-hydrogen) atoms. The largest absolute Gasteiger partial charge is 0.325 e. The monoisotopic (exact) mass is 284 g/mol. The number of benzene rings is 1. The maximum Gasteiger partial charge on any atom is 0.238 e. The van der Waals surface area contributed by atoms with E-state index in [1.165, 1.54) is 0 Å². The number of amides is 1. The molecule has 0 saturated carbocycles. The Bertz CT molecular complexity index is 346. The van der Waals surface area contributed by atoms with E-state index in [9.17, 15) is 4.79 Å². The summed E-state index contributed by atoms with van der Waals surface area (Å²) in [6.45, 7) is 5.29. The second-order valence-corrected chi connectivity index (χ2v) is 4.66. The zero-order valence-corrected chi connectivity index (χ0v) is 11.2. The van der Waals surface area contributed by atoms with Crippen LogP contribution in [0.15, 0.2) is 22.7 Å². The van der Waals surface area contributed by atoms with Crippen LogP contribution in [-0.4, -0.2) is 19.0 Å². The average Bonchev–Trinajstić information content (AvgIpc) is 2.16. The van der Waals surface area contributed by atoms with Gasteiger partial charge in [-0.25, -0.2) is 0 Å². The highest BCUT2D eigenvalue weighted by atomic mass is 79.9. The predicted octanol–water partition coefficient (Wildman–Crippen LogP) is 2.70.